The number of methoxy groups -OCH3 is 2. The van der Waals surface area contributed by atoms with Gasteiger partial charge in [0.1, 0.15) is 5.75 Å². The lowest BCUT2D eigenvalue weighted by Gasteiger charge is -2.34. The first kappa shape index (κ1) is 21.0. The zero-order valence-electron chi connectivity index (χ0n) is 14.3. The summed E-state index contributed by atoms with van der Waals surface area (Å²) in [4.78, 5) is 14.4. The highest BCUT2D eigenvalue weighted by atomic mass is 35.5. The van der Waals surface area contributed by atoms with Gasteiger partial charge in [0.2, 0.25) is 5.91 Å². The van der Waals surface area contributed by atoms with Crippen molar-refractivity contribution in [3.8, 4) is 5.75 Å². The number of rotatable bonds is 5. The van der Waals surface area contributed by atoms with Gasteiger partial charge >= 0.3 is 0 Å². The van der Waals surface area contributed by atoms with Gasteiger partial charge in [-0.05, 0) is 37.5 Å². The summed E-state index contributed by atoms with van der Waals surface area (Å²) in [5.74, 6) is 0.797. The molecule has 2 rings (SSSR count). The Morgan fingerprint density at radius 2 is 2.08 bits per heavy atom. The third-order valence-corrected chi connectivity index (χ3v) is 4.76. The quantitative estimate of drug-likeness (QED) is 0.857. The molecule has 1 fully saturated rings. The SMILES string of the molecule is COc1ccc(Cl)cc1CN(C)C(=O)[C@H]1CC[C@@H](N)[C@H](OC)C1.Cl. The van der Waals surface area contributed by atoms with Crippen LogP contribution >= 0.6 is 24.0 Å². The minimum atomic E-state index is -0.0493. The first-order valence-electron chi connectivity index (χ1n) is 7.82. The Bertz CT molecular complexity index is 557. The molecule has 136 valence electrons. The first-order chi connectivity index (χ1) is 11.0. The molecule has 0 radical (unpaired) electrons. The molecular weight excluding hydrogens is 351 g/mol. The summed E-state index contributed by atoms with van der Waals surface area (Å²) in [7, 11) is 5.07. The lowest BCUT2D eigenvalue weighted by Crippen LogP contribution is -2.45. The van der Waals surface area contributed by atoms with Gasteiger partial charge in [0, 0.05) is 43.2 Å². The normalized spacial score (nSPS) is 23.3. The largest absolute Gasteiger partial charge is 0.496 e. The molecule has 1 amide bonds. The predicted molar refractivity (Wildman–Crippen MR) is 97.8 cm³/mol. The van der Waals surface area contributed by atoms with Crippen LogP contribution in [0.2, 0.25) is 5.02 Å². The summed E-state index contributed by atoms with van der Waals surface area (Å²) in [5, 5.41) is 0.629. The molecule has 0 saturated heterocycles. The molecule has 3 atom stereocenters. The van der Waals surface area contributed by atoms with Crippen molar-refractivity contribution in [3.05, 3.63) is 28.8 Å². The second kappa shape index (κ2) is 9.47. The van der Waals surface area contributed by atoms with Crippen LogP contribution in [0.3, 0.4) is 0 Å². The molecule has 7 heteroatoms. The molecule has 1 aliphatic rings. The Balaban J connectivity index is 0.00000288. The molecule has 0 aromatic heterocycles. The number of hydrogen-bond donors (Lipinski definition) is 1. The van der Waals surface area contributed by atoms with Crippen LogP contribution in [0.5, 0.6) is 5.75 Å². The van der Waals surface area contributed by atoms with E-state index in [1.165, 1.54) is 0 Å². The van der Waals surface area contributed by atoms with Crippen molar-refractivity contribution in [1.29, 1.82) is 0 Å². The van der Waals surface area contributed by atoms with Gasteiger partial charge in [0.15, 0.2) is 0 Å². The third-order valence-electron chi connectivity index (χ3n) is 4.52. The maximum Gasteiger partial charge on any atom is 0.225 e. The zero-order valence-corrected chi connectivity index (χ0v) is 15.9. The topological polar surface area (TPSA) is 64.8 Å². The Kier molecular flexibility index (Phi) is 8.30. The van der Waals surface area contributed by atoms with Gasteiger partial charge in [-0.3, -0.25) is 4.79 Å². The Hall–Kier alpha value is -1.01. The number of hydrogen-bond acceptors (Lipinski definition) is 4. The second-order valence-electron chi connectivity index (χ2n) is 6.10. The fourth-order valence-electron chi connectivity index (χ4n) is 3.16. The maximum atomic E-state index is 12.7. The van der Waals surface area contributed by atoms with Crippen LogP contribution in [0.25, 0.3) is 0 Å². The minimum Gasteiger partial charge on any atom is -0.496 e. The van der Waals surface area contributed by atoms with Crippen LogP contribution < -0.4 is 10.5 Å². The molecular formula is C17H26Cl2N2O3. The number of ether oxygens (including phenoxy) is 2. The summed E-state index contributed by atoms with van der Waals surface area (Å²) in [5.41, 5.74) is 6.92. The Labute approximate surface area is 154 Å². The number of nitrogens with two attached hydrogens (primary N) is 1. The van der Waals surface area contributed by atoms with Crippen LogP contribution in [-0.2, 0) is 16.1 Å². The van der Waals surface area contributed by atoms with Gasteiger partial charge in [0.05, 0.1) is 13.2 Å². The summed E-state index contributed by atoms with van der Waals surface area (Å²) < 4.78 is 10.7. The Morgan fingerprint density at radius 1 is 1.38 bits per heavy atom. The van der Waals surface area contributed by atoms with Crippen molar-refractivity contribution < 1.29 is 14.3 Å². The minimum absolute atomic E-state index is 0. The average Bonchev–Trinajstić information content (AvgIpc) is 2.54. The van der Waals surface area contributed by atoms with E-state index >= 15 is 0 Å². The Morgan fingerprint density at radius 3 is 2.71 bits per heavy atom. The molecule has 0 spiro atoms. The van der Waals surface area contributed by atoms with Crippen LogP contribution in [0, 0.1) is 5.92 Å². The van der Waals surface area contributed by atoms with E-state index in [9.17, 15) is 4.79 Å². The van der Waals surface area contributed by atoms with Crippen molar-refractivity contribution >= 4 is 29.9 Å². The van der Waals surface area contributed by atoms with E-state index < -0.39 is 0 Å². The number of carbonyl (C=O) groups is 1. The number of nitrogens with zero attached hydrogens (tertiary/aromatic N) is 1. The molecule has 0 aliphatic heterocycles. The molecule has 0 bridgehead atoms. The van der Waals surface area contributed by atoms with E-state index in [2.05, 4.69) is 0 Å². The van der Waals surface area contributed by atoms with Crippen LogP contribution in [0.4, 0.5) is 0 Å². The molecule has 0 unspecified atom stereocenters. The lowest BCUT2D eigenvalue weighted by atomic mass is 9.83. The van der Waals surface area contributed by atoms with E-state index in [1.54, 1.807) is 32.2 Å². The van der Waals surface area contributed by atoms with Crippen molar-refractivity contribution in [1.82, 2.24) is 4.90 Å². The van der Waals surface area contributed by atoms with Crippen molar-refractivity contribution in [2.45, 2.75) is 38.0 Å². The van der Waals surface area contributed by atoms with Gasteiger partial charge in [-0.2, -0.15) is 0 Å². The lowest BCUT2D eigenvalue weighted by molar-refractivity contribution is -0.137. The summed E-state index contributed by atoms with van der Waals surface area (Å²) >= 11 is 6.05. The summed E-state index contributed by atoms with van der Waals surface area (Å²) in [6.45, 7) is 0.461. The number of amides is 1. The van der Waals surface area contributed by atoms with E-state index in [0.29, 0.717) is 18.0 Å². The molecule has 5 nitrogen and oxygen atoms in total. The second-order valence-corrected chi connectivity index (χ2v) is 6.53. The molecule has 1 aromatic rings. The standard InChI is InChI=1S/C17H25ClN2O3.ClH/c1-20(10-12-8-13(18)5-7-15(12)22-2)17(21)11-4-6-14(19)16(9-11)23-3;/h5,7-8,11,14,16H,4,6,9-10,19H2,1-3H3;1H/t11-,14+,16+;/m0./s1. The van der Waals surface area contributed by atoms with Gasteiger partial charge in [-0.1, -0.05) is 11.6 Å². The number of halogens is 2. The van der Waals surface area contributed by atoms with Gasteiger partial charge in [-0.25, -0.2) is 0 Å². The van der Waals surface area contributed by atoms with Crippen LogP contribution in [0.1, 0.15) is 24.8 Å². The van der Waals surface area contributed by atoms with Crippen molar-refractivity contribution in [2.75, 3.05) is 21.3 Å². The van der Waals surface area contributed by atoms with Crippen molar-refractivity contribution in [3.63, 3.8) is 0 Å². The molecule has 1 saturated carbocycles. The van der Waals surface area contributed by atoms with E-state index in [0.717, 1.165) is 24.2 Å². The number of benzene rings is 1. The van der Waals surface area contributed by atoms with E-state index in [4.69, 9.17) is 26.8 Å². The number of carbonyl (C=O) groups excluding carboxylic acids is 1. The highest BCUT2D eigenvalue weighted by Gasteiger charge is 2.33. The first-order valence-corrected chi connectivity index (χ1v) is 8.19. The maximum absolute atomic E-state index is 12.7. The fourth-order valence-corrected chi connectivity index (χ4v) is 3.36. The zero-order chi connectivity index (χ0) is 17.0. The summed E-state index contributed by atoms with van der Waals surface area (Å²) in [6, 6.07) is 5.44. The fraction of sp³-hybridized carbons (Fsp3) is 0.588. The molecule has 1 aromatic carbocycles. The van der Waals surface area contributed by atoms with Crippen LogP contribution in [0.15, 0.2) is 18.2 Å². The van der Waals surface area contributed by atoms with Gasteiger partial charge in [-0.15, -0.1) is 12.4 Å². The predicted octanol–water partition coefficient (Wildman–Crippen LogP) is 2.87. The van der Waals surface area contributed by atoms with E-state index in [1.807, 2.05) is 12.1 Å². The molecule has 1 aliphatic carbocycles. The monoisotopic (exact) mass is 376 g/mol. The average molecular weight is 377 g/mol. The van der Waals surface area contributed by atoms with Gasteiger partial charge < -0.3 is 20.1 Å². The smallest absolute Gasteiger partial charge is 0.225 e. The highest BCUT2D eigenvalue weighted by molar-refractivity contribution is 6.30. The molecule has 24 heavy (non-hydrogen) atoms. The highest BCUT2D eigenvalue weighted by Crippen LogP contribution is 2.29. The van der Waals surface area contributed by atoms with Crippen LogP contribution in [-0.4, -0.2) is 44.2 Å². The molecule has 0 heterocycles. The summed E-state index contributed by atoms with van der Waals surface area (Å²) in [6.07, 6.45) is 2.24. The third kappa shape index (κ3) is 4.99. The molecule has 2 N–H and O–H groups in total. The van der Waals surface area contributed by atoms with Crippen molar-refractivity contribution in [2.24, 2.45) is 11.7 Å². The van der Waals surface area contributed by atoms with Gasteiger partial charge in [0.25, 0.3) is 0 Å². The van der Waals surface area contributed by atoms with E-state index in [-0.39, 0.29) is 36.4 Å².